The minimum absolute atomic E-state index is 0.129. The van der Waals surface area contributed by atoms with Crippen molar-refractivity contribution >= 4 is 11.7 Å². The quantitative estimate of drug-likeness (QED) is 0.638. The Kier molecular flexibility index (Phi) is 3.38. The van der Waals surface area contributed by atoms with Gasteiger partial charge in [-0.25, -0.2) is 4.68 Å². The van der Waals surface area contributed by atoms with Gasteiger partial charge in [-0.3, -0.25) is 24.8 Å². The molecule has 0 aliphatic heterocycles. The van der Waals surface area contributed by atoms with Crippen molar-refractivity contribution in [2.24, 2.45) is 0 Å². The molecule has 0 atom stereocenters. The van der Waals surface area contributed by atoms with E-state index >= 15 is 0 Å². The lowest BCUT2D eigenvalue weighted by atomic mass is 10.2. The Bertz CT molecular complexity index is 744. The first-order chi connectivity index (χ1) is 9.40. The maximum atomic E-state index is 12.1. The van der Waals surface area contributed by atoms with Gasteiger partial charge in [-0.2, -0.15) is 0 Å². The van der Waals surface area contributed by atoms with E-state index in [9.17, 15) is 19.7 Å². The predicted molar refractivity (Wildman–Crippen MR) is 69.1 cm³/mol. The summed E-state index contributed by atoms with van der Waals surface area (Å²) in [5.74, 6) is -1.12. The Morgan fingerprint density at radius 3 is 2.80 bits per heavy atom. The first-order valence-electron chi connectivity index (χ1n) is 5.67. The van der Waals surface area contributed by atoms with Crippen LogP contribution in [0.25, 0.3) is 5.69 Å². The molecule has 0 spiro atoms. The van der Waals surface area contributed by atoms with E-state index in [4.69, 9.17) is 5.11 Å². The van der Waals surface area contributed by atoms with Crippen molar-refractivity contribution < 1.29 is 14.8 Å². The Morgan fingerprint density at radius 2 is 2.20 bits per heavy atom. The summed E-state index contributed by atoms with van der Waals surface area (Å²) in [7, 11) is 0. The van der Waals surface area contributed by atoms with Gasteiger partial charge >= 0.3 is 5.97 Å². The fourth-order valence-electron chi connectivity index (χ4n) is 1.87. The number of hydrogen-bond donors (Lipinski definition) is 2. The summed E-state index contributed by atoms with van der Waals surface area (Å²) in [4.78, 5) is 33.0. The number of non-ortho nitro benzene ring substituents is 1. The molecule has 104 valence electrons. The minimum atomic E-state index is -1.12. The van der Waals surface area contributed by atoms with Crippen molar-refractivity contribution in [3.05, 3.63) is 56.0 Å². The van der Waals surface area contributed by atoms with Crippen molar-refractivity contribution in [3.63, 3.8) is 0 Å². The van der Waals surface area contributed by atoms with Crippen LogP contribution in [0.15, 0.2) is 29.1 Å². The molecule has 2 rings (SSSR count). The molecular weight excluding hydrogens is 266 g/mol. The lowest BCUT2D eigenvalue weighted by Crippen LogP contribution is -2.19. The van der Waals surface area contributed by atoms with Gasteiger partial charge in [0.05, 0.1) is 22.6 Å². The van der Waals surface area contributed by atoms with Crippen molar-refractivity contribution in [1.82, 2.24) is 9.78 Å². The van der Waals surface area contributed by atoms with Crippen LogP contribution in [-0.4, -0.2) is 25.8 Å². The summed E-state index contributed by atoms with van der Waals surface area (Å²) >= 11 is 0. The molecule has 1 aromatic heterocycles. The van der Waals surface area contributed by atoms with Gasteiger partial charge in [0, 0.05) is 17.8 Å². The van der Waals surface area contributed by atoms with E-state index in [2.05, 4.69) is 5.10 Å². The Labute approximate surface area is 112 Å². The smallest absolute Gasteiger partial charge is 0.308 e. The second-order valence-corrected chi connectivity index (χ2v) is 4.20. The molecule has 0 saturated heterocycles. The van der Waals surface area contributed by atoms with Crippen molar-refractivity contribution in [2.75, 3.05) is 0 Å². The number of nitrogens with zero attached hydrogens (tertiary/aromatic N) is 2. The number of hydrogen-bond acceptors (Lipinski definition) is 4. The average molecular weight is 277 g/mol. The highest BCUT2D eigenvalue weighted by atomic mass is 16.6. The predicted octanol–water partition coefficient (Wildman–Crippen LogP) is 1.01. The number of carboxylic acid groups (broad SMARTS) is 1. The molecular formula is C12H11N3O5. The highest BCUT2D eigenvalue weighted by Gasteiger charge is 2.16. The molecule has 0 saturated carbocycles. The van der Waals surface area contributed by atoms with Crippen LogP contribution in [-0.2, 0) is 11.2 Å². The molecule has 0 fully saturated rings. The molecule has 0 bridgehead atoms. The number of H-pyrrole nitrogens is 1. The second kappa shape index (κ2) is 5.00. The van der Waals surface area contributed by atoms with E-state index in [1.165, 1.54) is 24.3 Å². The largest absolute Gasteiger partial charge is 0.481 e. The van der Waals surface area contributed by atoms with E-state index in [-0.39, 0.29) is 16.9 Å². The standard InChI is InChI=1S/C12H11N3O5/c1-7-10(6-11(16)17)12(18)14(13-7)8-3-2-4-9(5-8)15(19)20/h2-5,13H,6H2,1H3,(H,16,17). The highest BCUT2D eigenvalue weighted by molar-refractivity contribution is 5.70. The maximum absolute atomic E-state index is 12.1. The molecule has 0 aliphatic carbocycles. The lowest BCUT2D eigenvalue weighted by Gasteiger charge is -2.00. The summed E-state index contributed by atoms with van der Waals surface area (Å²) in [5.41, 5.74) is 0.156. The normalized spacial score (nSPS) is 10.4. The van der Waals surface area contributed by atoms with Gasteiger partial charge in [-0.1, -0.05) is 6.07 Å². The van der Waals surface area contributed by atoms with Crippen LogP contribution >= 0.6 is 0 Å². The van der Waals surface area contributed by atoms with E-state index in [0.29, 0.717) is 5.69 Å². The van der Waals surface area contributed by atoms with Gasteiger partial charge in [0.2, 0.25) is 0 Å². The van der Waals surface area contributed by atoms with Crippen molar-refractivity contribution in [2.45, 2.75) is 13.3 Å². The van der Waals surface area contributed by atoms with Crippen LogP contribution in [0.5, 0.6) is 0 Å². The zero-order valence-electron chi connectivity index (χ0n) is 10.5. The summed E-state index contributed by atoms with van der Waals surface area (Å²) in [6.07, 6.45) is -0.400. The number of aliphatic carboxylic acids is 1. The van der Waals surface area contributed by atoms with Crippen LogP contribution in [0.3, 0.4) is 0 Å². The SMILES string of the molecule is Cc1[nH]n(-c2cccc([N+](=O)[O-])c2)c(=O)c1CC(=O)O. The van der Waals surface area contributed by atoms with Crippen molar-refractivity contribution in [3.8, 4) is 5.69 Å². The topological polar surface area (TPSA) is 118 Å². The van der Waals surface area contributed by atoms with Gasteiger partial charge in [0.25, 0.3) is 11.2 Å². The molecule has 1 aromatic carbocycles. The zero-order chi connectivity index (χ0) is 14.9. The lowest BCUT2D eigenvalue weighted by molar-refractivity contribution is -0.384. The Hall–Kier alpha value is -2.90. The number of carboxylic acids is 1. The molecule has 20 heavy (non-hydrogen) atoms. The van der Waals surface area contributed by atoms with Crippen LogP contribution in [0.2, 0.25) is 0 Å². The van der Waals surface area contributed by atoms with Gasteiger partial charge < -0.3 is 5.11 Å². The van der Waals surface area contributed by atoms with Crippen LogP contribution < -0.4 is 5.56 Å². The fourth-order valence-corrected chi connectivity index (χ4v) is 1.87. The molecule has 1 heterocycles. The third-order valence-electron chi connectivity index (χ3n) is 2.82. The number of nitro groups is 1. The van der Waals surface area contributed by atoms with E-state index in [1.807, 2.05) is 0 Å². The van der Waals surface area contributed by atoms with E-state index in [0.717, 1.165) is 4.68 Å². The monoisotopic (exact) mass is 277 g/mol. The van der Waals surface area contributed by atoms with Crippen LogP contribution in [0, 0.1) is 17.0 Å². The third-order valence-corrected chi connectivity index (χ3v) is 2.82. The summed E-state index contributed by atoms with van der Waals surface area (Å²) in [6, 6.07) is 5.52. The number of benzene rings is 1. The third kappa shape index (κ3) is 2.44. The van der Waals surface area contributed by atoms with Gasteiger partial charge in [0.1, 0.15) is 0 Å². The summed E-state index contributed by atoms with van der Waals surface area (Å²) in [5, 5.41) is 22.2. The number of aromatic amines is 1. The van der Waals surface area contributed by atoms with Gasteiger partial charge in [-0.05, 0) is 13.0 Å². The molecule has 8 nitrogen and oxygen atoms in total. The molecule has 0 radical (unpaired) electrons. The number of carbonyl (C=O) groups is 1. The Morgan fingerprint density at radius 1 is 1.50 bits per heavy atom. The second-order valence-electron chi connectivity index (χ2n) is 4.20. The van der Waals surface area contributed by atoms with E-state index in [1.54, 1.807) is 6.92 Å². The number of rotatable bonds is 4. The number of nitro benzene ring substituents is 1. The molecule has 0 unspecified atom stereocenters. The average Bonchev–Trinajstić information content (AvgIpc) is 2.66. The molecule has 8 heteroatoms. The van der Waals surface area contributed by atoms with Crippen LogP contribution in [0.1, 0.15) is 11.3 Å². The number of aryl methyl sites for hydroxylation is 1. The number of nitrogens with one attached hydrogen (secondary N) is 1. The minimum Gasteiger partial charge on any atom is -0.481 e. The molecule has 0 amide bonds. The fraction of sp³-hybridized carbons (Fsp3) is 0.167. The summed E-state index contributed by atoms with van der Waals surface area (Å²) < 4.78 is 1.10. The highest BCUT2D eigenvalue weighted by Crippen LogP contribution is 2.15. The summed E-state index contributed by atoms with van der Waals surface area (Å²) in [6.45, 7) is 1.58. The molecule has 0 aliphatic rings. The Balaban J connectivity index is 2.54. The first-order valence-corrected chi connectivity index (χ1v) is 5.67. The van der Waals surface area contributed by atoms with Crippen molar-refractivity contribution in [1.29, 1.82) is 0 Å². The van der Waals surface area contributed by atoms with E-state index < -0.39 is 22.9 Å². The first kappa shape index (κ1) is 13.5. The van der Waals surface area contributed by atoms with Gasteiger partial charge in [-0.15, -0.1) is 0 Å². The maximum Gasteiger partial charge on any atom is 0.308 e. The molecule has 2 aromatic rings. The van der Waals surface area contributed by atoms with Crippen LogP contribution in [0.4, 0.5) is 5.69 Å². The zero-order valence-corrected chi connectivity index (χ0v) is 10.5. The number of aromatic nitrogens is 2. The van der Waals surface area contributed by atoms with Gasteiger partial charge in [0.15, 0.2) is 0 Å². The molecule has 2 N–H and O–H groups in total.